The van der Waals surface area contributed by atoms with E-state index in [1.54, 1.807) is 12.4 Å². The van der Waals surface area contributed by atoms with Crippen molar-refractivity contribution in [2.24, 2.45) is 5.73 Å². The largest absolute Gasteiger partial charge is 0.324 e. The fourth-order valence-corrected chi connectivity index (χ4v) is 2.06. The van der Waals surface area contributed by atoms with E-state index in [4.69, 9.17) is 5.73 Å². The van der Waals surface area contributed by atoms with E-state index in [1.165, 1.54) is 23.0 Å². The molecule has 0 aliphatic carbocycles. The average Bonchev–Trinajstić information content (AvgIpc) is 2.28. The lowest BCUT2D eigenvalue weighted by Gasteiger charge is -2.12. The number of rotatable bonds is 3. The highest BCUT2D eigenvalue weighted by Crippen LogP contribution is 2.16. The molecular formula is C14H17N3. The van der Waals surface area contributed by atoms with Gasteiger partial charge < -0.3 is 5.73 Å². The van der Waals surface area contributed by atoms with Crippen molar-refractivity contribution in [2.45, 2.75) is 26.3 Å². The molecule has 1 unspecified atom stereocenters. The predicted octanol–water partition coefficient (Wildman–Crippen LogP) is 2.34. The fraction of sp³-hybridized carbons (Fsp3) is 0.286. The van der Waals surface area contributed by atoms with Gasteiger partial charge >= 0.3 is 0 Å². The Hall–Kier alpha value is -1.74. The van der Waals surface area contributed by atoms with Gasteiger partial charge in [0.2, 0.25) is 0 Å². The summed E-state index contributed by atoms with van der Waals surface area (Å²) in [5, 5.41) is 0. The first-order chi connectivity index (χ1) is 8.15. The molecule has 0 fully saturated rings. The average molecular weight is 227 g/mol. The predicted molar refractivity (Wildman–Crippen MR) is 68.6 cm³/mol. The highest BCUT2D eigenvalue weighted by Gasteiger charge is 2.08. The third-order valence-corrected chi connectivity index (χ3v) is 2.75. The summed E-state index contributed by atoms with van der Waals surface area (Å²) in [6.07, 6.45) is 5.89. The molecule has 0 aliphatic rings. The highest BCUT2D eigenvalue weighted by molar-refractivity contribution is 5.30. The quantitative estimate of drug-likeness (QED) is 0.875. The molecule has 1 aromatic heterocycles. The first-order valence-electron chi connectivity index (χ1n) is 5.73. The maximum Gasteiger partial charge on any atom is 0.115 e. The third-order valence-electron chi connectivity index (χ3n) is 2.75. The molecule has 0 aliphatic heterocycles. The van der Waals surface area contributed by atoms with Gasteiger partial charge in [0.05, 0.1) is 0 Å². The Balaban J connectivity index is 2.16. The number of aromatic nitrogens is 2. The molecule has 1 heterocycles. The van der Waals surface area contributed by atoms with E-state index in [1.807, 2.05) is 0 Å². The highest BCUT2D eigenvalue weighted by atomic mass is 14.8. The van der Waals surface area contributed by atoms with Gasteiger partial charge in [0.25, 0.3) is 0 Å². The lowest BCUT2D eigenvalue weighted by molar-refractivity contribution is 0.712. The maximum atomic E-state index is 6.15. The van der Waals surface area contributed by atoms with Crippen molar-refractivity contribution in [3.63, 3.8) is 0 Å². The van der Waals surface area contributed by atoms with Crippen LogP contribution in [0.4, 0.5) is 0 Å². The number of hydrogen-bond donors (Lipinski definition) is 1. The summed E-state index contributed by atoms with van der Waals surface area (Å²) in [5.74, 6) is 0. The molecule has 0 spiro atoms. The molecule has 2 rings (SSSR count). The SMILES string of the molecule is Cc1cc(C)cc(CC(N)c2cncnc2)c1. The summed E-state index contributed by atoms with van der Waals surface area (Å²) >= 11 is 0. The van der Waals surface area contributed by atoms with Gasteiger partial charge in [-0.05, 0) is 25.8 Å². The molecule has 3 heteroatoms. The number of benzene rings is 1. The molecule has 2 N–H and O–H groups in total. The van der Waals surface area contributed by atoms with Crippen LogP contribution in [0.25, 0.3) is 0 Å². The van der Waals surface area contributed by atoms with Crippen molar-refractivity contribution in [3.8, 4) is 0 Å². The van der Waals surface area contributed by atoms with E-state index in [2.05, 4.69) is 42.0 Å². The van der Waals surface area contributed by atoms with Crippen molar-refractivity contribution >= 4 is 0 Å². The van der Waals surface area contributed by atoms with Gasteiger partial charge in [-0.1, -0.05) is 29.3 Å². The van der Waals surface area contributed by atoms with Gasteiger partial charge in [0.15, 0.2) is 0 Å². The molecular weight excluding hydrogens is 210 g/mol. The molecule has 0 bridgehead atoms. The standard InChI is InChI=1S/C14H17N3/c1-10-3-11(2)5-12(4-10)6-14(15)13-7-16-9-17-8-13/h3-5,7-9,14H,6,15H2,1-2H3. The van der Waals surface area contributed by atoms with Crippen LogP contribution < -0.4 is 5.73 Å². The minimum atomic E-state index is -0.0441. The van der Waals surface area contributed by atoms with Crippen molar-refractivity contribution in [1.29, 1.82) is 0 Å². The van der Waals surface area contributed by atoms with Crippen molar-refractivity contribution in [1.82, 2.24) is 9.97 Å². The van der Waals surface area contributed by atoms with E-state index < -0.39 is 0 Å². The number of aryl methyl sites for hydroxylation is 2. The minimum absolute atomic E-state index is 0.0441. The molecule has 1 aromatic carbocycles. The Morgan fingerprint density at radius 1 is 1.06 bits per heavy atom. The van der Waals surface area contributed by atoms with Gasteiger partial charge in [-0.3, -0.25) is 0 Å². The molecule has 2 aromatic rings. The van der Waals surface area contributed by atoms with Gasteiger partial charge in [-0.2, -0.15) is 0 Å². The lowest BCUT2D eigenvalue weighted by atomic mass is 9.99. The fourth-order valence-electron chi connectivity index (χ4n) is 2.06. The lowest BCUT2D eigenvalue weighted by Crippen LogP contribution is -2.14. The molecule has 17 heavy (non-hydrogen) atoms. The van der Waals surface area contributed by atoms with E-state index in [0.717, 1.165) is 12.0 Å². The van der Waals surface area contributed by atoms with Gasteiger partial charge in [-0.25, -0.2) is 9.97 Å². The van der Waals surface area contributed by atoms with Crippen molar-refractivity contribution < 1.29 is 0 Å². The van der Waals surface area contributed by atoms with Crippen LogP contribution in [0.1, 0.15) is 28.3 Å². The maximum absolute atomic E-state index is 6.15. The van der Waals surface area contributed by atoms with Crippen LogP contribution in [0.5, 0.6) is 0 Å². The summed E-state index contributed by atoms with van der Waals surface area (Å²) in [5.41, 5.74) is 10.9. The molecule has 3 nitrogen and oxygen atoms in total. The van der Waals surface area contributed by atoms with Crippen molar-refractivity contribution in [3.05, 3.63) is 59.2 Å². The van der Waals surface area contributed by atoms with Crippen LogP contribution in [0, 0.1) is 13.8 Å². The Labute approximate surface area is 102 Å². The minimum Gasteiger partial charge on any atom is -0.324 e. The van der Waals surface area contributed by atoms with Gasteiger partial charge in [0, 0.05) is 24.0 Å². The Morgan fingerprint density at radius 3 is 2.24 bits per heavy atom. The summed E-state index contributed by atoms with van der Waals surface area (Å²) in [6, 6.07) is 6.48. The Kier molecular flexibility index (Phi) is 3.49. The van der Waals surface area contributed by atoms with Crippen LogP contribution >= 0.6 is 0 Å². The normalized spacial score (nSPS) is 12.4. The molecule has 0 saturated heterocycles. The van der Waals surface area contributed by atoms with Crippen LogP contribution in [0.3, 0.4) is 0 Å². The molecule has 0 amide bonds. The van der Waals surface area contributed by atoms with E-state index in [-0.39, 0.29) is 6.04 Å². The zero-order valence-corrected chi connectivity index (χ0v) is 10.2. The Morgan fingerprint density at radius 2 is 1.65 bits per heavy atom. The van der Waals surface area contributed by atoms with E-state index in [9.17, 15) is 0 Å². The van der Waals surface area contributed by atoms with Crippen LogP contribution in [0.2, 0.25) is 0 Å². The molecule has 88 valence electrons. The summed E-state index contributed by atoms with van der Waals surface area (Å²) in [4.78, 5) is 7.98. The van der Waals surface area contributed by atoms with Crippen molar-refractivity contribution in [2.75, 3.05) is 0 Å². The van der Waals surface area contributed by atoms with Crippen LogP contribution in [-0.2, 0) is 6.42 Å². The van der Waals surface area contributed by atoms with Crippen LogP contribution in [-0.4, -0.2) is 9.97 Å². The second kappa shape index (κ2) is 5.06. The first-order valence-corrected chi connectivity index (χ1v) is 5.73. The second-order valence-corrected chi connectivity index (χ2v) is 4.48. The molecule has 0 radical (unpaired) electrons. The zero-order valence-electron chi connectivity index (χ0n) is 10.2. The first kappa shape index (κ1) is 11.7. The molecule has 1 atom stereocenters. The molecule has 0 saturated carbocycles. The van der Waals surface area contributed by atoms with Crippen LogP contribution in [0.15, 0.2) is 36.9 Å². The number of nitrogens with zero attached hydrogens (tertiary/aromatic N) is 2. The van der Waals surface area contributed by atoms with E-state index >= 15 is 0 Å². The summed E-state index contributed by atoms with van der Waals surface area (Å²) < 4.78 is 0. The van der Waals surface area contributed by atoms with E-state index in [0.29, 0.717) is 0 Å². The second-order valence-electron chi connectivity index (χ2n) is 4.48. The van der Waals surface area contributed by atoms with Gasteiger partial charge in [-0.15, -0.1) is 0 Å². The van der Waals surface area contributed by atoms with Gasteiger partial charge in [0.1, 0.15) is 6.33 Å². The monoisotopic (exact) mass is 227 g/mol. The third kappa shape index (κ3) is 3.11. The topological polar surface area (TPSA) is 51.8 Å². The smallest absolute Gasteiger partial charge is 0.115 e. The Bertz CT molecular complexity index is 474. The number of hydrogen-bond acceptors (Lipinski definition) is 3. The summed E-state index contributed by atoms with van der Waals surface area (Å²) in [6.45, 7) is 4.21. The zero-order chi connectivity index (χ0) is 12.3. The summed E-state index contributed by atoms with van der Waals surface area (Å²) in [7, 11) is 0. The number of nitrogens with two attached hydrogens (primary N) is 1.